The normalized spacial score (nSPS) is 14.9. The van der Waals surface area contributed by atoms with Crippen molar-refractivity contribution in [2.75, 3.05) is 18.4 Å². The molecule has 1 fully saturated rings. The van der Waals surface area contributed by atoms with Gasteiger partial charge in [-0.1, -0.05) is 42.5 Å². The first-order valence-corrected chi connectivity index (χ1v) is 13.8. The molecule has 0 spiro atoms. The van der Waals surface area contributed by atoms with Crippen LogP contribution in [-0.2, 0) is 13.2 Å². The number of anilines is 1. The van der Waals surface area contributed by atoms with E-state index in [0.29, 0.717) is 18.5 Å². The van der Waals surface area contributed by atoms with Crippen molar-refractivity contribution < 1.29 is 4.74 Å². The van der Waals surface area contributed by atoms with Gasteiger partial charge in [-0.15, -0.1) is 0 Å². The molecule has 1 N–H and O–H groups in total. The van der Waals surface area contributed by atoms with Crippen molar-refractivity contribution in [3.8, 4) is 40.2 Å². The summed E-state index contributed by atoms with van der Waals surface area (Å²) in [6.45, 7) is 3.33. The third-order valence-electron chi connectivity index (χ3n) is 7.70. The van der Waals surface area contributed by atoms with Crippen LogP contribution in [-0.4, -0.2) is 48.5 Å². The Bertz CT molecular complexity index is 1720. The molecule has 5 aromatic rings. The van der Waals surface area contributed by atoms with Gasteiger partial charge in [0.2, 0.25) is 5.82 Å². The number of aromatic nitrogens is 5. The fourth-order valence-corrected chi connectivity index (χ4v) is 5.64. The average molecular weight is 541 g/mol. The van der Waals surface area contributed by atoms with Gasteiger partial charge in [-0.2, -0.15) is 5.26 Å². The summed E-state index contributed by atoms with van der Waals surface area (Å²) in [5, 5.41) is 12.5. The first-order valence-electron chi connectivity index (χ1n) is 13.8. The van der Waals surface area contributed by atoms with E-state index in [0.717, 1.165) is 72.3 Å². The second-order valence-corrected chi connectivity index (χ2v) is 10.3. The molecule has 0 saturated carbocycles. The van der Waals surface area contributed by atoms with E-state index in [9.17, 15) is 0 Å². The van der Waals surface area contributed by atoms with Crippen molar-refractivity contribution in [2.24, 2.45) is 0 Å². The van der Waals surface area contributed by atoms with Crippen LogP contribution in [0.25, 0.3) is 28.3 Å². The largest absolute Gasteiger partial charge is 0.485 e. The molecule has 0 radical (unpaired) electrons. The molecule has 0 bridgehead atoms. The van der Waals surface area contributed by atoms with Crippen molar-refractivity contribution in [1.29, 1.82) is 5.26 Å². The molecule has 3 aromatic heterocycles. The van der Waals surface area contributed by atoms with Crippen LogP contribution in [0.5, 0.6) is 5.75 Å². The average Bonchev–Trinajstić information content (AvgIpc) is 3.43. The fraction of sp³-hybridized carbons (Fsp3) is 0.219. The summed E-state index contributed by atoms with van der Waals surface area (Å²) < 4.78 is 8.27. The van der Waals surface area contributed by atoms with Crippen LogP contribution >= 0.6 is 0 Å². The van der Waals surface area contributed by atoms with Gasteiger partial charge in [-0.3, -0.25) is 14.5 Å². The molecule has 0 aliphatic carbocycles. The monoisotopic (exact) mass is 540 g/mol. The first kappa shape index (κ1) is 24.9. The second-order valence-electron chi connectivity index (χ2n) is 10.3. The molecule has 2 aliphatic heterocycles. The van der Waals surface area contributed by atoms with Gasteiger partial charge >= 0.3 is 0 Å². The van der Waals surface area contributed by atoms with Gasteiger partial charge in [0.25, 0.3) is 0 Å². The number of nitriles is 1. The van der Waals surface area contributed by atoms with E-state index < -0.39 is 0 Å². The molecule has 41 heavy (non-hydrogen) atoms. The molecule has 0 unspecified atom stereocenters. The van der Waals surface area contributed by atoms with E-state index in [1.165, 1.54) is 5.56 Å². The summed E-state index contributed by atoms with van der Waals surface area (Å²) in [6, 6.07) is 25.2. The Labute approximate surface area is 238 Å². The third-order valence-corrected chi connectivity index (χ3v) is 7.70. The molecule has 1 saturated heterocycles. The minimum Gasteiger partial charge on any atom is -0.485 e. The van der Waals surface area contributed by atoms with Crippen LogP contribution in [0.3, 0.4) is 0 Å². The molecule has 7 rings (SSSR count). The Kier molecular flexibility index (Phi) is 6.59. The Morgan fingerprint density at radius 1 is 0.951 bits per heavy atom. The highest BCUT2D eigenvalue weighted by Gasteiger charge is 2.27. The maximum Gasteiger partial charge on any atom is 0.234 e. The Balaban J connectivity index is 1.08. The standard InChI is InChI=1S/C32H28N8O/c33-18-30-35-15-11-29(37-30)36-24-12-16-39(17-13-24)20-22-6-8-23(9-7-22)32-38-31-26-10-14-34-19-28(26)41-21-27(31)40(32)25-4-2-1-3-5-25/h1-11,14-15,19,24H,12-13,16-17,20-21H2,(H,35,36,37). The summed E-state index contributed by atoms with van der Waals surface area (Å²) in [6.07, 6.45) is 7.20. The zero-order valence-electron chi connectivity index (χ0n) is 22.4. The number of likely N-dealkylation sites (tertiary alicyclic amines) is 1. The molecule has 0 amide bonds. The Hall–Kier alpha value is -5.07. The molecule has 9 nitrogen and oxygen atoms in total. The van der Waals surface area contributed by atoms with E-state index in [1.54, 1.807) is 18.6 Å². The minimum absolute atomic E-state index is 0.192. The Morgan fingerprint density at radius 2 is 1.78 bits per heavy atom. The first-order chi connectivity index (χ1) is 20.2. The number of rotatable bonds is 6. The van der Waals surface area contributed by atoms with E-state index in [1.807, 2.05) is 36.4 Å². The number of hydrogen-bond acceptors (Lipinski definition) is 8. The summed E-state index contributed by atoms with van der Waals surface area (Å²) in [5.74, 6) is 2.57. The van der Waals surface area contributed by atoms with E-state index in [2.05, 4.69) is 66.1 Å². The van der Waals surface area contributed by atoms with Gasteiger partial charge in [-0.05, 0) is 42.7 Å². The molecular formula is C32H28N8O. The molecule has 9 heteroatoms. The Morgan fingerprint density at radius 3 is 2.59 bits per heavy atom. The van der Waals surface area contributed by atoms with Crippen LogP contribution in [0.4, 0.5) is 5.82 Å². The molecule has 2 aromatic carbocycles. The van der Waals surface area contributed by atoms with Gasteiger partial charge in [0.15, 0.2) is 0 Å². The van der Waals surface area contributed by atoms with Gasteiger partial charge in [0.1, 0.15) is 30.1 Å². The van der Waals surface area contributed by atoms with Crippen LogP contribution in [0, 0.1) is 11.3 Å². The van der Waals surface area contributed by atoms with Gasteiger partial charge < -0.3 is 10.1 Å². The maximum atomic E-state index is 9.04. The molecule has 2 aliphatic rings. The van der Waals surface area contributed by atoms with Crippen LogP contribution < -0.4 is 10.1 Å². The number of ether oxygens (including phenoxy) is 1. The highest BCUT2D eigenvalue weighted by molar-refractivity contribution is 5.75. The number of para-hydroxylation sites is 1. The molecule has 0 atom stereocenters. The van der Waals surface area contributed by atoms with Crippen molar-refractivity contribution in [2.45, 2.75) is 32.0 Å². The fourth-order valence-electron chi connectivity index (χ4n) is 5.64. The number of imidazole rings is 1. The molecule has 202 valence electrons. The van der Waals surface area contributed by atoms with Crippen LogP contribution in [0.1, 0.15) is 29.9 Å². The zero-order chi connectivity index (χ0) is 27.6. The number of hydrogen-bond donors (Lipinski definition) is 1. The smallest absolute Gasteiger partial charge is 0.234 e. The SMILES string of the molecule is N#Cc1nccc(NC2CCN(Cc3ccc(-c4nc5c(n4-c4ccccc4)COc4cnccc4-5)cc3)CC2)n1. The quantitative estimate of drug-likeness (QED) is 0.312. The lowest BCUT2D eigenvalue weighted by atomic mass is 10.0. The van der Waals surface area contributed by atoms with Crippen LogP contribution in [0.15, 0.2) is 85.3 Å². The predicted molar refractivity (Wildman–Crippen MR) is 155 cm³/mol. The third kappa shape index (κ3) is 5.01. The van der Waals surface area contributed by atoms with E-state index in [-0.39, 0.29) is 5.82 Å². The number of nitrogens with zero attached hydrogens (tertiary/aromatic N) is 7. The number of benzene rings is 2. The number of piperidine rings is 1. The number of nitrogens with one attached hydrogen (secondary N) is 1. The highest BCUT2D eigenvalue weighted by atomic mass is 16.5. The molecular weight excluding hydrogens is 512 g/mol. The van der Waals surface area contributed by atoms with Crippen molar-refractivity contribution in [3.63, 3.8) is 0 Å². The lowest BCUT2D eigenvalue weighted by Gasteiger charge is -2.32. The predicted octanol–water partition coefficient (Wildman–Crippen LogP) is 5.23. The number of pyridine rings is 1. The highest BCUT2D eigenvalue weighted by Crippen LogP contribution is 2.40. The molecule has 5 heterocycles. The van der Waals surface area contributed by atoms with Crippen molar-refractivity contribution >= 4 is 5.82 Å². The number of fused-ring (bicyclic) bond motifs is 3. The summed E-state index contributed by atoms with van der Waals surface area (Å²) in [7, 11) is 0. The van der Waals surface area contributed by atoms with Gasteiger partial charge in [-0.25, -0.2) is 15.0 Å². The lowest BCUT2D eigenvalue weighted by Crippen LogP contribution is -2.38. The topological polar surface area (TPSA) is 105 Å². The van der Waals surface area contributed by atoms with E-state index >= 15 is 0 Å². The van der Waals surface area contributed by atoms with Gasteiger partial charge in [0.05, 0.1) is 17.6 Å². The summed E-state index contributed by atoms with van der Waals surface area (Å²) in [4.78, 5) is 20.1. The van der Waals surface area contributed by atoms with Crippen molar-refractivity contribution in [3.05, 3.63) is 102 Å². The van der Waals surface area contributed by atoms with Gasteiger partial charge in [0, 0.05) is 54.9 Å². The summed E-state index contributed by atoms with van der Waals surface area (Å²) >= 11 is 0. The zero-order valence-corrected chi connectivity index (χ0v) is 22.4. The maximum absolute atomic E-state index is 9.04. The minimum atomic E-state index is 0.192. The van der Waals surface area contributed by atoms with Crippen LogP contribution in [0.2, 0.25) is 0 Å². The van der Waals surface area contributed by atoms with Crippen molar-refractivity contribution in [1.82, 2.24) is 29.4 Å². The summed E-state index contributed by atoms with van der Waals surface area (Å²) in [5.41, 5.74) is 6.35. The lowest BCUT2D eigenvalue weighted by molar-refractivity contribution is 0.211. The van der Waals surface area contributed by atoms with E-state index in [4.69, 9.17) is 15.0 Å². The second kappa shape index (κ2) is 10.8.